The molecule has 5 rings (SSSR count). The minimum Gasteiger partial charge on any atom is -0.370 e. The number of fused-ring (bicyclic) bond motifs is 6. The number of hydrogen-bond acceptors (Lipinski definition) is 6. The number of aromatic nitrogens is 2. The molecule has 0 radical (unpaired) electrons. The van der Waals surface area contributed by atoms with Gasteiger partial charge in [0.25, 0.3) is 5.91 Å². The predicted octanol–water partition coefficient (Wildman–Crippen LogP) is 5.70. The molecule has 1 fully saturated rings. The van der Waals surface area contributed by atoms with Crippen LogP contribution in [0.5, 0.6) is 0 Å². The van der Waals surface area contributed by atoms with Crippen LogP contribution in [-0.4, -0.2) is 34.5 Å². The lowest BCUT2D eigenvalue weighted by atomic mass is 9.86. The molecule has 2 aliphatic heterocycles. The molecule has 4 bridgehead atoms. The molecule has 8 heteroatoms. The summed E-state index contributed by atoms with van der Waals surface area (Å²) in [6.07, 6.45) is 2.31. The summed E-state index contributed by atoms with van der Waals surface area (Å²) in [7, 11) is 0. The van der Waals surface area contributed by atoms with E-state index in [0.29, 0.717) is 40.2 Å². The van der Waals surface area contributed by atoms with Crippen LogP contribution in [0, 0.1) is 17.8 Å². The van der Waals surface area contributed by atoms with E-state index in [9.17, 15) is 4.79 Å². The van der Waals surface area contributed by atoms with E-state index in [1.54, 1.807) is 6.07 Å². The first-order chi connectivity index (χ1) is 17.3. The number of pyridine rings is 2. The van der Waals surface area contributed by atoms with Gasteiger partial charge >= 0.3 is 0 Å². The lowest BCUT2D eigenvalue weighted by molar-refractivity contribution is 0.0984. The normalized spacial score (nSPS) is 21.6. The third-order valence-electron chi connectivity index (χ3n) is 7.36. The monoisotopic (exact) mass is 505 g/mol. The first-order valence-electron chi connectivity index (χ1n) is 12.5. The zero-order valence-electron chi connectivity index (χ0n) is 20.9. The van der Waals surface area contributed by atoms with Gasteiger partial charge in [0.1, 0.15) is 16.7 Å². The molecule has 1 saturated heterocycles. The summed E-state index contributed by atoms with van der Waals surface area (Å²) in [6, 6.07) is 17.1. The zero-order chi connectivity index (χ0) is 25.3. The molecule has 188 valence electrons. The maximum atomic E-state index is 15.4. The van der Waals surface area contributed by atoms with Gasteiger partial charge in [-0.05, 0) is 62.3 Å². The fraction of sp³-hybridized carbons (Fsp3) is 0.393. The maximum absolute atomic E-state index is 15.4. The largest absolute Gasteiger partial charge is 0.370 e. The van der Waals surface area contributed by atoms with Gasteiger partial charge in [-0.2, -0.15) is 4.39 Å². The van der Waals surface area contributed by atoms with Gasteiger partial charge in [0, 0.05) is 42.6 Å². The summed E-state index contributed by atoms with van der Waals surface area (Å²) < 4.78 is 18.3. The van der Waals surface area contributed by atoms with Crippen LogP contribution in [0.4, 0.5) is 16.0 Å². The van der Waals surface area contributed by atoms with Gasteiger partial charge in [0.2, 0.25) is 5.95 Å². The Balaban J connectivity index is 1.56. The van der Waals surface area contributed by atoms with E-state index in [0.717, 1.165) is 49.3 Å². The SMILES string of the molecule is CC1CCNc2cccc(n2)SNC(=O)c2cc(Cc3ccccc3)c(F)nc2N2CC1CC2(C)C. The lowest BCUT2D eigenvalue weighted by Gasteiger charge is -2.34. The van der Waals surface area contributed by atoms with Crippen LogP contribution in [0.2, 0.25) is 0 Å². The molecule has 2 unspecified atom stereocenters. The van der Waals surface area contributed by atoms with Crippen molar-refractivity contribution in [3.8, 4) is 0 Å². The van der Waals surface area contributed by atoms with Crippen molar-refractivity contribution in [3.05, 3.63) is 77.2 Å². The van der Waals surface area contributed by atoms with Gasteiger partial charge in [-0.25, -0.2) is 9.97 Å². The van der Waals surface area contributed by atoms with E-state index in [4.69, 9.17) is 0 Å². The predicted molar refractivity (Wildman–Crippen MR) is 143 cm³/mol. The molecule has 2 aliphatic rings. The highest BCUT2D eigenvalue weighted by Crippen LogP contribution is 2.41. The molecule has 0 aliphatic carbocycles. The van der Waals surface area contributed by atoms with Crippen LogP contribution in [-0.2, 0) is 6.42 Å². The van der Waals surface area contributed by atoms with Crippen LogP contribution in [0.3, 0.4) is 0 Å². The molecule has 2 N–H and O–H groups in total. The van der Waals surface area contributed by atoms with E-state index in [-0.39, 0.29) is 11.4 Å². The summed E-state index contributed by atoms with van der Waals surface area (Å²) in [4.78, 5) is 24.7. The van der Waals surface area contributed by atoms with E-state index < -0.39 is 5.95 Å². The number of amides is 1. The van der Waals surface area contributed by atoms with Crippen molar-refractivity contribution in [2.45, 2.75) is 50.6 Å². The molecule has 36 heavy (non-hydrogen) atoms. The average Bonchev–Trinajstić information content (AvgIpc) is 3.19. The van der Waals surface area contributed by atoms with Crippen molar-refractivity contribution in [1.82, 2.24) is 14.7 Å². The quantitative estimate of drug-likeness (QED) is 0.344. The van der Waals surface area contributed by atoms with Crippen molar-refractivity contribution < 1.29 is 9.18 Å². The number of carbonyl (C=O) groups is 1. The van der Waals surface area contributed by atoms with Crippen LogP contribution in [0.1, 0.15) is 55.1 Å². The second-order valence-corrected chi connectivity index (χ2v) is 11.3. The molecular weight excluding hydrogens is 473 g/mol. The van der Waals surface area contributed by atoms with Crippen molar-refractivity contribution in [2.24, 2.45) is 11.8 Å². The van der Waals surface area contributed by atoms with Gasteiger partial charge in [-0.15, -0.1) is 0 Å². The molecule has 2 atom stereocenters. The number of rotatable bonds is 2. The van der Waals surface area contributed by atoms with E-state index in [2.05, 4.69) is 45.7 Å². The molecule has 2 aromatic heterocycles. The topological polar surface area (TPSA) is 70.1 Å². The molecule has 0 saturated carbocycles. The van der Waals surface area contributed by atoms with Crippen molar-refractivity contribution in [3.63, 3.8) is 0 Å². The first-order valence-corrected chi connectivity index (χ1v) is 13.3. The van der Waals surface area contributed by atoms with Crippen molar-refractivity contribution in [1.29, 1.82) is 0 Å². The molecule has 1 amide bonds. The summed E-state index contributed by atoms with van der Waals surface area (Å²) in [5.74, 6) is 1.23. The van der Waals surface area contributed by atoms with Gasteiger partial charge in [-0.1, -0.05) is 43.3 Å². The van der Waals surface area contributed by atoms with Crippen molar-refractivity contribution >= 4 is 29.5 Å². The Morgan fingerprint density at radius 2 is 1.94 bits per heavy atom. The Bertz CT molecular complexity index is 1250. The van der Waals surface area contributed by atoms with Gasteiger partial charge in [-0.3, -0.25) is 9.52 Å². The van der Waals surface area contributed by atoms with Crippen LogP contribution in [0.25, 0.3) is 0 Å². The molecule has 1 aromatic carbocycles. The summed E-state index contributed by atoms with van der Waals surface area (Å²) >= 11 is 1.16. The molecule has 3 aromatic rings. The summed E-state index contributed by atoms with van der Waals surface area (Å²) in [6.45, 7) is 8.14. The number of benzene rings is 1. The Labute approximate surface area is 216 Å². The number of halogens is 1. The molecule has 6 nitrogen and oxygen atoms in total. The van der Waals surface area contributed by atoms with Gasteiger partial charge in [0.05, 0.1) is 5.56 Å². The minimum absolute atomic E-state index is 0.252. The zero-order valence-corrected chi connectivity index (χ0v) is 21.7. The minimum atomic E-state index is -0.526. The van der Waals surface area contributed by atoms with Crippen LogP contribution < -0.4 is 14.9 Å². The number of carbonyl (C=O) groups excluding carboxylic acids is 1. The number of nitrogens with one attached hydrogen (secondary N) is 2. The first kappa shape index (κ1) is 24.6. The summed E-state index contributed by atoms with van der Waals surface area (Å²) in [5, 5.41) is 4.10. The standard InChI is InChI=1S/C28H32FN5OS/c1-18-12-13-30-23-10-7-11-24(31-23)36-33-27(35)22-15-20(14-19-8-5-4-6-9-19)25(29)32-26(22)34-17-21(18)16-28(34,2)3/h4-11,15,18,21H,12-14,16-17H2,1-3H3,(H,30,31)(H,33,35). The fourth-order valence-electron chi connectivity index (χ4n) is 5.28. The van der Waals surface area contributed by atoms with Crippen LogP contribution >= 0.6 is 11.9 Å². The molecule has 0 spiro atoms. The van der Waals surface area contributed by atoms with E-state index >= 15 is 4.39 Å². The number of hydrogen-bond donors (Lipinski definition) is 2. The molecule has 4 heterocycles. The highest BCUT2D eigenvalue weighted by Gasteiger charge is 2.42. The van der Waals surface area contributed by atoms with Gasteiger partial charge < -0.3 is 10.2 Å². The average molecular weight is 506 g/mol. The number of anilines is 2. The van der Waals surface area contributed by atoms with E-state index in [1.807, 2.05) is 48.5 Å². The number of nitrogens with zero attached hydrogens (tertiary/aromatic N) is 3. The second-order valence-electron chi connectivity index (χ2n) is 10.4. The Morgan fingerprint density at radius 1 is 1.14 bits per heavy atom. The smallest absolute Gasteiger partial charge is 0.265 e. The second kappa shape index (κ2) is 10.1. The summed E-state index contributed by atoms with van der Waals surface area (Å²) in [5.41, 5.74) is 1.51. The molecular formula is C28H32FN5OS. The maximum Gasteiger partial charge on any atom is 0.265 e. The lowest BCUT2D eigenvalue weighted by Crippen LogP contribution is -2.40. The van der Waals surface area contributed by atoms with E-state index in [1.165, 1.54) is 0 Å². The van der Waals surface area contributed by atoms with Crippen molar-refractivity contribution in [2.75, 3.05) is 23.3 Å². The highest BCUT2D eigenvalue weighted by atomic mass is 32.2. The Morgan fingerprint density at radius 3 is 2.75 bits per heavy atom. The third kappa shape index (κ3) is 5.19. The van der Waals surface area contributed by atoms with Crippen LogP contribution in [0.15, 0.2) is 59.6 Å². The Kier molecular flexibility index (Phi) is 6.88. The fourth-order valence-corrected chi connectivity index (χ4v) is 5.87. The highest BCUT2D eigenvalue weighted by molar-refractivity contribution is 7.97. The Hall–Kier alpha value is -3.13. The van der Waals surface area contributed by atoms with Gasteiger partial charge in [0.15, 0.2) is 0 Å². The third-order valence-corrected chi connectivity index (χ3v) is 8.08.